The molecule has 4 aromatic rings. The van der Waals surface area contributed by atoms with E-state index in [1.54, 1.807) is 24.2 Å². The number of imidazole rings is 1. The van der Waals surface area contributed by atoms with E-state index in [2.05, 4.69) is 33.8 Å². The first-order chi connectivity index (χ1) is 19.6. The first-order valence-electron chi connectivity index (χ1n) is 13.4. The van der Waals surface area contributed by atoms with Crippen LogP contribution >= 0.6 is 0 Å². The monoisotopic (exact) mass is 539 g/mol. The molecule has 5 rings (SSSR count). The Morgan fingerprint density at radius 3 is 2.42 bits per heavy atom. The molecule has 0 amide bonds. The van der Waals surface area contributed by atoms with Crippen LogP contribution in [0.15, 0.2) is 77.1 Å². The van der Waals surface area contributed by atoms with Crippen molar-refractivity contribution >= 4 is 22.8 Å². The zero-order chi connectivity index (χ0) is 28.1. The zero-order valence-corrected chi connectivity index (χ0v) is 23.2. The molecule has 1 aliphatic rings. The van der Waals surface area contributed by atoms with Crippen LogP contribution < -0.4 is 9.64 Å². The highest BCUT2D eigenvalue weighted by Gasteiger charge is 2.32. The number of aromatic nitrogens is 4. The normalized spacial score (nSPS) is 14.2. The Kier molecular flexibility index (Phi) is 8.28. The van der Waals surface area contributed by atoms with E-state index in [0.717, 1.165) is 43.0 Å². The molecule has 1 atom stereocenters. The number of aliphatic hydroxyl groups is 1. The van der Waals surface area contributed by atoms with E-state index in [-0.39, 0.29) is 5.71 Å². The molecule has 0 saturated heterocycles. The molecule has 0 spiro atoms. The Hall–Kier alpha value is -4.41. The van der Waals surface area contributed by atoms with Gasteiger partial charge in [0.1, 0.15) is 28.6 Å². The zero-order valence-electron chi connectivity index (χ0n) is 23.2. The lowest BCUT2D eigenvalue weighted by Crippen LogP contribution is -2.28. The fourth-order valence-electron chi connectivity index (χ4n) is 4.66. The number of hydrogen-bond donors (Lipinski definition) is 1. The molecule has 0 aliphatic carbocycles. The van der Waals surface area contributed by atoms with Gasteiger partial charge in [-0.15, -0.1) is 0 Å². The number of fused-ring (bicyclic) bond motifs is 1. The van der Waals surface area contributed by atoms with E-state index in [1.807, 2.05) is 54.6 Å². The van der Waals surface area contributed by atoms with E-state index in [0.29, 0.717) is 34.4 Å². The smallest absolute Gasteiger partial charge is 0.202 e. The van der Waals surface area contributed by atoms with Gasteiger partial charge in [-0.1, -0.05) is 26.0 Å². The Labute approximate surface area is 233 Å². The predicted octanol–water partition coefficient (Wildman–Crippen LogP) is 4.95. The standard InChI is InChI=1S/C30H33N7O3/c1-5-16-36(17-6-2)20-13-14-24(26(18-20)39-3)34-27-28(30(38)40-4)35-37-25(19-32-29(27)37)23-12-9-11-22(33-23)21-10-7-8-15-31-21/h7-15,18-19,30,38H,5-6,16-17H2,1-4H3. The molecule has 0 bridgehead atoms. The average Bonchev–Trinajstić information content (AvgIpc) is 3.57. The fourth-order valence-corrected chi connectivity index (χ4v) is 4.66. The lowest BCUT2D eigenvalue weighted by atomic mass is 10.2. The third-order valence-corrected chi connectivity index (χ3v) is 6.54. The highest BCUT2D eigenvalue weighted by Crippen LogP contribution is 2.34. The van der Waals surface area contributed by atoms with Crippen molar-refractivity contribution in [3.8, 4) is 28.5 Å². The summed E-state index contributed by atoms with van der Waals surface area (Å²) in [5.41, 5.74) is 5.11. The largest absolute Gasteiger partial charge is 0.494 e. The number of pyridine rings is 2. The lowest BCUT2D eigenvalue weighted by molar-refractivity contribution is -0.0184. The van der Waals surface area contributed by atoms with Crippen molar-refractivity contribution in [3.63, 3.8) is 0 Å². The number of hydrogen-bond acceptors (Lipinski definition) is 9. The summed E-state index contributed by atoms with van der Waals surface area (Å²) in [6.07, 6.45) is 4.23. The third-order valence-electron chi connectivity index (χ3n) is 6.54. The van der Waals surface area contributed by atoms with Crippen molar-refractivity contribution < 1.29 is 14.6 Å². The minimum Gasteiger partial charge on any atom is -0.494 e. The molecular formula is C30H33N7O3. The quantitative estimate of drug-likeness (QED) is 0.269. The first-order valence-corrected chi connectivity index (χ1v) is 13.4. The fraction of sp³-hybridized carbons (Fsp3) is 0.300. The molecule has 206 valence electrons. The second-order valence-corrected chi connectivity index (χ2v) is 9.28. The maximum absolute atomic E-state index is 10.7. The van der Waals surface area contributed by atoms with Gasteiger partial charge in [-0.25, -0.2) is 19.6 Å². The number of anilines is 1. The SMILES string of the molecule is CCCN(CCC)c1ccc(N=C2C(C(O)OC)=Nn3c(-c4cccc(-c5ccccn5)n4)cnc32)c(OC)c1. The van der Waals surface area contributed by atoms with Crippen molar-refractivity contribution in [2.24, 2.45) is 10.1 Å². The molecule has 0 radical (unpaired) electrons. The van der Waals surface area contributed by atoms with Crippen LogP contribution in [0, 0.1) is 0 Å². The van der Waals surface area contributed by atoms with Crippen LogP contribution in [0.1, 0.15) is 32.5 Å². The van der Waals surface area contributed by atoms with E-state index in [4.69, 9.17) is 19.5 Å². The Bertz CT molecular complexity index is 1530. The van der Waals surface area contributed by atoms with Gasteiger partial charge >= 0.3 is 0 Å². The molecule has 4 heterocycles. The summed E-state index contributed by atoms with van der Waals surface area (Å²) in [5, 5.41) is 15.3. The Balaban J connectivity index is 1.56. The number of ether oxygens (including phenoxy) is 2. The van der Waals surface area contributed by atoms with Crippen LogP contribution in [0.25, 0.3) is 22.8 Å². The van der Waals surface area contributed by atoms with Crippen LogP contribution in [-0.4, -0.2) is 69.8 Å². The summed E-state index contributed by atoms with van der Waals surface area (Å²) < 4.78 is 12.6. The second-order valence-electron chi connectivity index (χ2n) is 9.28. The van der Waals surface area contributed by atoms with Gasteiger partial charge in [0.2, 0.25) is 6.29 Å². The van der Waals surface area contributed by atoms with Crippen LogP contribution in [0.5, 0.6) is 5.75 Å². The van der Waals surface area contributed by atoms with Crippen molar-refractivity contribution in [3.05, 3.63) is 72.8 Å². The maximum Gasteiger partial charge on any atom is 0.202 e. The van der Waals surface area contributed by atoms with Crippen LogP contribution in [0.2, 0.25) is 0 Å². The minimum atomic E-state index is -1.30. The molecule has 0 saturated carbocycles. The van der Waals surface area contributed by atoms with Crippen molar-refractivity contribution in [1.82, 2.24) is 19.6 Å². The summed E-state index contributed by atoms with van der Waals surface area (Å²) in [6, 6.07) is 17.3. The number of benzene rings is 1. The molecule has 10 heteroatoms. The van der Waals surface area contributed by atoms with E-state index in [1.165, 1.54) is 7.11 Å². The molecule has 0 fully saturated rings. The van der Waals surface area contributed by atoms with Gasteiger partial charge in [0.15, 0.2) is 5.82 Å². The molecule has 1 N–H and O–H groups in total. The summed E-state index contributed by atoms with van der Waals surface area (Å²) in [5.74, 6) is 1.08. The molecule has 40 heavy (non-hydrogen) atoms. The topological polar surface area (TPSA) is 110 Å². The number of methoxy groups -OCH3 is 2. The van der Waals surface area contributed by atoms with Gasteiger partial charge in [0.05, 0.1) is 30.4 Å². The molecular weight excluding hydrogens is 506 g/mol. The Morgan fingerprint density at radius 1 is 0.950 bits per heavy atom. The summed E-state index contributed by atoms with van der Waals surface area (Å²) in [6.45, 7) is 6.25. The van der Waals surface area contributed by atoms with Gasteiger partial charge in [0, 0.05) is 38.1 Å². The van der Waals surface area contributed by atoms with Gasteiger partial charge in [-0.2, -0.15) is 5.10 Å². The van der Waals surface area contributed by atoms with E-state index >= 15 is 0 Å². The third kappa shape index (κ3) is 5.36. The van der Waals surface area contributed by atoms with E-state index in [9.17, 15) is 5.11 Å². The summed E-state index contributed by atoms with van der Waals surface area (Å²) >= 11 is 0. The predicted molar refractivity (Wildman–Crippen MR) is 157 cm³/mol. The number of nitrogens with zero attached hydrogens (tertiary/aromatic N) is 7. The Morgan fingerprint density at radius 2 is 1.73 bits per heavy atom. The second kappa shape index (κ2) is 12.2. The molecule has 1 aromatic carbocycles. The lowest BCUT2D eigenvalue weighted by Gasteiger charge is -2.24. The van der Waals surface area contributed by atoms with Gasteiger partial charge in [-0.05, 0) is 49.2 Å². The summed E-state index contributed by atoms with van der Waals surface area (Å²) in [7, 11) is 3.04. The molecule has 1 aliphatic heterocycles. The first kappa shape index (κ1) is 27.2. The van der Waals surface area contributed by atoms with Crippen molar-refractivity contribution in [2.75, 3.05) is 32.2 Å². The van der Waals surface area contributed by atoms with Crippen LogP contribution in [0.3, 0.4) is 0 Å². The van der Waals surface area contributed by atoms with Gasteiger partial charge in [-0.3, -0.25) is 4.98 Å². The van der Waals surface area contributed by atoms with Crippen LogP contribution in [-0.2, 0) is 4.74 Å². The van der Waals surface area contributed by atoms with E-state index < -0.39 is 6.29 Å². The average molecular weight is 540 g/mol. The highest BCUT2D eigenvalue weighted by molar-refractivity contribution is 6.50. The molecule has 10 nitrogen and oxygen atoms in total. The molecule has 3 aromatic heterocycles. The number of rotatable bonds is 11. The summed E-state index contributed by atoms with van der Waals surface area (Å²) in [4.78, 5) is 21.0. The highest BCUT2D eigenvalue weighted by atomic mass is 16.6. The molecule has 1 unspecified atom stereocenters. The van der Waals surface area contributed by atoms with Crippen molar-refractivity contribution in [1.29, 1.82) is 0 Å². The van der Waals surface area contributed by atoms with Crippen LogP contribution in [0.4, 0.5) is 11.4 Å². The van der Waals surface area contributed by atoms with Crippen molar-refractivity contribution in [2.45, 2.75) is 33.0 Å². The maximum atomic E-state index is 10.7. The number of aliphatic imine (C=N–C) groups is 1. The van der Waals surface area contributed by atoms with Gasteiger partial charge in [0.25, 0.3) is 0 Å². The van der Waals surface area contributed by atoms with Gasteiger partial charge < -0.3 is 19.5 Å². The minimum absolute atomic E-state index is 0.248. The number of aliphatic hydroxyl groups excluding tert-OH is 1.